The maximum Gasteiger partial charge on any atom is 0.325 e. The molecule has 1 aliphatic heterocycles. The fourth-order valence-corrected chi connectivity index (χ4v) is 3.87. The van der Waals surface area contributed by atoms with Crippen molar-refractivity contribution in [2.24, 2.45) is 5.92 Å². The van der Waals surface area contributed by atoms with Crippen LogP contribution >= 0.6 is 0 Å². The molecule has 2 aromatic rings. The monoisotopic (exact) mass is 417 g/mol. The zero-order valence-corrected chi connectivity index (χ0v) is 17.3. The van der Waals surface area contributed by atoms with Crippen LogP contribution in [0.5, 0.6) is 0 Å². The summed E-state index contributed by atoms with van der Waals surface area (Å²) in [6.45, 7) is 2.25. The Morgan fingerprint density at radius 2 is 1.83 bits per heavy atom. The van der Waals surface area contributed by atoms with E-state index < -0.39 is 11.4 Å². The summed E-state index contributed by atoms with van der Waals surface area (Å²) in [6, 6.07) is 17.5. The molecule has 0 spiro atoms. The summed E-state index contributed by atoms with van der Waals surface area (Å²) in [5, 5.41) is 4.09. The predicted molar refractivity (Wildman–Crippen MR) is 115 cm³/mol. The van der Waals surface area contributed by atoms with E-state index in [1.54, 1.807) is 24.3 Å². The number of carbonyl (C=O) groups is 1. The molecule has 0 saturated carbocycles. The molecule has 7 nitrogen and oxygen atoms in total. The van der Waals surface area contributed by atoms with Crippen LogP contribution in [0, 0.1) is 5.92 Å². The van der Waals surface area contributed by atoms with Gasteiger partial charge in [0.05, 0.1) is 12.2 Å². The number of rotatable bonds is 8. The van der Waals surface area contributed by atoms with E-state index in [4.69, 9.17) is 4.55 Å². The normalized spacial score (nSPS) is 16.3. The largest absolute Gasteiger partial charge is 0.325 e. The highest BCUT2D eigenvalue weighted by molar-refractivity contribution is 7.74. The van der Waals surface area contributed by atoms with Crippen molar-refractivity contribution in [2.75, 3.05) is 37.1 Å². The Morgan fingerprint density at radius 3 is 2.45 bits per heavy atom. The number of carbonyl (C=O) groups excluding carboxylic acids is 1. The molecule has 3 rings (SSSR count). The van der Waals surface area contributed by atoms with Gasteiger partial charge in [0.1, 0.15) is 0 Å². The lowest BCUT2D eigenvalue weighted by molar-refractivity contribution is -0.117. The zero-order chi connectivity index (χ0) is 20.6. The SMILES string of the molecule is CN(OS(=O)O)c1ccc(NC(=O)CN2CCC(Cc3ccccc3)CC2)cc1. The van der Waals surface area contributed by atoms with Crippen LogP contribution in [0.25, 0.3) is 0 Å². The van der Waals surface area contributed by atoms with Crippen LogP contribution in [0.4, 0.5) is 11.4 Å². The van der Waals surface area contributed by atoms with Gasteiger partial charge < -0.3 is 5.32 Å². The van der Waals surface area contributed by atoms with Gasteiger partial charge in [-0.2, -0.15) is 4.21 Å². The first-order chi connectivity index (χ1) is 14.0. The van der Waals surface area contributed by atoms with E-state index in [-0.39, 0.29) is 5.91 Å². The summed E-state index contributed by atoms with van der Waals surface area (Å²) in [4.78, 5) is 14.6. The first kappa shape index (κ1) is 21.4. The Balaban J connectivity index is 1.41. The molecule has 0 bridgehead atoms. The molecular formula is C21H27N3O4S. The summed E-state index contributed by atoms with van der Waals surface area (Å²) < 4.78 is 24.1. The van der Waals surface area contributed by atoms with Crippen LogP contribution in [0.3, 0.4) is 0 Å². The lowest BCUT2D eigenvalue weighted by atomic mass is 9.90. The fraction of sp³-hybridized carbons (Fsp3) is 0.381. The van der Waals surface area contributed by atoms with E-state index in [0.717, 1.165) is 32.4 Å². The Morgan fingerprint density at radius 1 is 1.17 bits per heavy atom. The lowest BCUT2D eigenvalue weighted by Crippen LogP contribution is -2.39. The summed E-state index contributed by atoms with van der Waals surface area (Å²) in [5.74, 6) is 0.636. The van der Waals surface area contributed by atoms with E-state index in [1.807, 2.05) is 6.07 Å². The first-order valence-corrected chi connectivity index (χ1v) is 10.7. The molecule has 1 amide bonds. The molecule has 29 heavy (non-hydrogen) atoms. The van der Waals surface area contributed by atoms with Crippen LogP contribution in [0.2, 0.25) is 0 Å². The first-order valence-electron chi connectivity index (χ1n) is 9.69. The minimum absolute atomic E-state index is 0.0414. The number of hydroxylamine groups is 1. The van der Waals surface area contributed by atoms with Gasteiger partial charge in [0, 0.05) is 12.7 Å². The average molecular weight is 418 g/mol. The second-order valence-corrected chi connectivity index (χ2v) is 7.88. The molecule has 1 heterocycles. The molecule has 0 aliphatic carbocycles. The van der Waals surface area contributed by atoms with Crippen LogP contribution in [0.15, 0.2) is 54.6 Å². The second kappa shape index (κ2) is 10.5. The second-order valence-electron chi connectivity index (χ2n) is 7.29. The number of hydrogen-bond acceptors (Lipinski definition) is 5. The van der Waals surface area contributed by atoms with Crippen molar-refractivity contribution in [1.82, 2.24) is 4.90 Å². The Bertz CT molecular complexity index is 808. The number of likely N-dealkylation sites (tertiary alicyclic amines) is 1. The number of nitrogens with one attached hydrogen (secondary N) is 1. The van der Waals surface area contributed by atoms with E-state index in [9.17, 15) is 9.00 Å². The fourth-order valence-electron chi connectivity index (χ4n) is 3.59. The van der Waals surface area contributed by atoms with Gasteiger partial charge in [-0.05, 0) is 68.1 Å². The van der Waals surface area contributed by atoms with Crippen molar-refractivity contribution in [3.8, 4) is 0 Å². The molecular weight excluding hydrogens is 390 g/mol. The topological polar surface area (TPSA) is 82.1 Å². The molecule has 1 aliphatic rings. The highest BCUT2D eigenvalue weighted by atomic mass is 32.2. The van der Waals surface area contributed by atoms with Gasteiger partial charge in [-0.1, -0.05) is 30.3 Å². The van der Waals surface area contributed by atoms with Crippen LogP contribution in [-0.4, -0.2) is 46.3 Å². The number of piperidine rings is 1. The molecule has 1 unspecified atom stereocenters. The summed E-state index contributed by atoms with van der Waals surface area (Å²) in [5.41, 5.74) is 2.66. The Labute approximate surface area is 174 Å². The van der Waals surface area contributed by atoms with Crippen molar-refractivity contribution in [3.63, 3.8) is 0 Å². The highest BCUT2D eigenvalue weighted by Gasteiger charge is 2.21. The molecule has 0 aromatic heterocycles. The van der Waals surface area contributed by atoms with Gasteiger partial charge in [-0.25, -0.2) is 5.06 Å². The van der Waals surface area contributed by atoms with E-state index in [1.165, 1.54) is 17.7 Å². The standard InChI is InChI=1S/C21H27N3O4S/c1-23(28-29(26)27)20-9-7-19(8-10-20)22-21(25)16-24-13-11-18(12-14-24)15-17-5-3-2-4-6-17/h2-10,18H,11-16H2,1H3,(H,22,25)(H,26,27). The molecule has 1 atom stereocenters. The third-order valence-electron chi connectivity index (χ3n) is 5.13. The number of benzene rings is 2. The molecule has 2 N–H and O–H groups in total. The number of anilines is 2. The van der Waals surface area contributed by atoms with Crippen molar-refractivity contribution in [2.45, 2.75) is 19.3 Å². The van der Waals surface area contributed by atoms with Gasteiger partial charge in [0.15, 0.2) is 0 Å². The van der Waals surface area contributed by atoms with Crippen LogP contribution in [0.1, 0.15) is 18.4 Å². The third kappa shape index (κ3) is 6.93. The van der Waals surface area contributed by atoms with Crippen molar-refractivity contribution in [3.05, 3.63) is 60.2 Å². The van der Waals surface area contributed by atoms with Crippen molar-refractivity contribution in [1.29, 1.82) is 0 Å². The van der Waals surface area contributed by atoms with Gasteiger partial charge in [0.2, 0.25) is 5.91 Å². The van der Waals surface area contributed by atoms with Gasteiger partial charge in [-0.15, -0.1) is 4.28 Å². The van der Waals surface area contributed by atoms with Crippen LogP contribution < -0.4 is 10.4 Å². The maximum atomic E-state index is 12.4. The Kier molecular flexibility index (Phi) is 7.76. The summed E-state index contributed by atoms with van der Waals surface area (Å²) in [7, 11) is 1.53. The van der Waals surface area contributed by atoms with Crippen molar-refractivity contribution < 1.29 is 17.8 Å². The average Bonchev–Trinajstić information content (AvgIpc) is 2.70. The van der Waals surface area contributed by atoms with E-state index >= 15 is 0 Å². The van der Waals surface area contributed by atoms with Crippen molar-refractivity contribution >= 4 is 28.6 Å². The summed E-state index contributed by atoms with van der Waals surface area (Å²) in [6.07, 6.45) is 3.32. The van der Waals surface area contributed by atoms with Gasteiger partial charge in [-0.3, -0.25) is 14.2 Å². The predicted octanol–water partition coefficient (Wildman–Crippen LogP) is 3.08. The number of amides is 1. The number of hydrogen-bond donors (Lipinski definition) is 2. The molecule has 8 heteroatoms. The van der Waals surface area contributed by atoms with E-state index in [0.29, 0.717) is 23.8 Å². The van der Waals surface area contributed by atoms with Crippen LogP contribution in [-0.2, 0) is 26.9 Å². The quantitative estimate of drug-likeness (QED) is 0.507. The number of nitrogens with zero attached hydrogens (tertiary/aromatic N) is 2. The molecule has 156 valence electrons. The minimum Gasteiger partial charge on any atom is -0.325 e. The minimum atomic E-state index is -2.38. The highest BCUT2D eigenvalue weighted by Crippen LogP contribution is 2.22. The molecule has 0 radical (unpaired) electrons. The molecule has 1 fully saturated rings. The lowest BCUT2D eigenvalue weighted by Gasteiger charge is -2.31. The Hall–Kier alpha value is -2.26. The van der Waals surface area contributed by atoms with Gasteiger partial charge >= 0.3 is 11.4 Å². The van der Waals surface area contributed by atoms with Gasteiger partial charge in [0.25, 0.3) is 0 Å². The zero-order valence-electron chi connectivity index (χ0n) is 16.5. The molecule has 1 saturated heterocycles. The smallest absolute Gasteiger partial charge is 0.325 e. The summed E-state index contributed by atoms with van der Waals surface area (Å²) >= 11 is -2.38. The third-order valence-corrected chi connectivity index (χ3v) is 5.48. The van der Waals surface area contributed by atoms with E-state index in [2.05, 4.69) is 38.8 Å². The maximum absolute atomic E-state index is 12.4. The molecule has 2 aromatic carbocycles.